The molecule has 1 aliphatic heterocycles. The van der Waals surface area contributed by atoms with Gasteiger partial charge < -0.3 is 14.8 Å². The smallest absolute Gasteiger partial charge is 0.114 e. The predicted molar refractivity (Wildman–Crippen MR) is 76.5 cm³/mol. The molecule has 20 heavy (non-hydrogen) atoms. The van der Waals surface area contributed by atoms with Crippen LogP contribution in [0.15, 0.2) is 24.3 Å². The van der Waals surface area contributed by atoms with Gasteiger partial charge in [0.2, 0.25) is 0 Å². The molecule has 1 heterocycles. The molecule has 0 radical (unpaired) electrons. The first kappa shape index (κ1) is 13.4. The topological polar surface area (TPSA) is 54.3 Å². The highest BCUT2D eigenvalue weighted by Crippen LogP contribution is 2.46. The monoisotopic (exact) mass is 272 g/mol. The molecular formula is C16H20N2O2. The Morgan fingerprint density at radius 2 is 2.25 bits per heavy atom. The van der Waals surface area contributed by atoms with Crippen LogP contribution in [0.1, 0.15) is 31.7 Å². The molecule has 1 N–H and O–H groups in total. The van der Waals surface area contributed by atoms with E-state index in [0.717, 1.165) is 38.2 Å². The van der Waals surface area contributed by atoms with Crippen molar-refractivity contribution in [2.45, 2.75) is 43.9 Å². The Hall–Kier alpha value is -1.57. The first-order valence-electron chi connectivity index (χ1n) is 7.31. The molecule has 4 nitrogen and oxygen atoms in total. The summed E-state index contributed by atoms with van der Waals surface area (Å²) in [6.07, 6.45) is 3.36. The molecule has 106 valence electrons. The van der Waals surface area contributed by atoms with Crippen molar-refractivity contribution >= 4 is 5.69 Å². The van der Waals surface area contributed by atoms with Crippen LogP contribution in [0.2, 0.25) is 0 Å². The van der Waals surface area contributed by atoms with Crippen molar-refractivity contribution in [2.75, 3.05) is 18.5 Å². The Kier molecular flexibility index (Phi) is 3.64. The first-order valence-corrected chi connectivity index (χ1v) is 7.31. The zero-order valence-electron chi connectivity index (χ0n) is 11.8. The van der Waals surface area contributed by atoms with Crippen LogP contribution in [-0.2, 0) is 9.47 Å². The highest BCUT2D eigenvalue weighted by Gasteiger charge is 2.58. The van der Waals surface area contributed by atoms with Crippen LogP contribution in [-0.4, -0.2) is 31.0 Å². The molecule has 4 heteroatoms. The van der Waals surface area contributed by atoms with Gasteiger partial charge in [-0.2, -0.15) is 5.26 Å². The summed E-state index contributed by atoms with van der Waals surface area (Å²) in [7, 11) is 0. The average Bonchev–Trinajstić information content (AvgIpc) is 2.99. The Bertz CT molecular complexity index is 500. The van der Waals surface area contributed by atoms with E-state index in [4.69, 9.17) is 14.7 Å². The normalized spacial score (nSPS) is 31.8. The number of hydrogen-bond donors (Lipinski definition) is 1. The minimum atomic E-state index is -0.149. The van der Waals surface area contributed by atoms with E-state index in [-0.39, 0.29) is 11.7 Å². The van der Waals surface area contributed by atoms with Crippen LogP contribution in [0.5, 0.6) is 0 Å². The summed E-state index contributed by atoms with van der Waals surface area (Å²) in [6, 6.07) is 10.0. The number of nitrogens with one attached hydrogen (secondary N) is 1. The van der Waals surface area contributed by atoms with Gasteiger partial charge in [-0.05, 0) is 50.5 Å². The molecule has 3 atom stereocenters. The van der Waals surface area contributed by atoms with Gasteiger partial charge in [-0.15, -0.1) is 0 Å². The summed E-state index contributed by atoms with van der Waals surface area (Å²) >= 11 is 0. The molecule has 2 aliphatic rings. The summed E-state index contributed by atoms with van der Waals surface area (Å²) in [6.45, 7) is 3.60. The minimum absolute atomic E-state index is 0.149. The second-order valence-electron chi connectivity index (χ2n) is 5.47. The van der Waals surface area contributed by atoms with Gasteiger partial charge in [-0.1, -0.05) is 0 Å². The van der Waals surface area contributed by atoms with Gasteiger partial charge in [0.05, 0.1) is 23.8 Å². The fraction of sp³-hybridized carbons (Fsp3) is 0.562. The average molecular weight is 272 g/mol. The number of benzene rings is 1. The number of nitrogens with zero attached hydrogens (tertiary/aromatic N) is 1. The molecule has 0 amide bonds. The van der Waals surface area contributed by atoms with E-state index in [9.17, 15) is 0 Å². The lowest BCUT2D eigenvalue weighted by Gasteiger charge is -2.52. The Morgan fingerprint density at radius 1 is 1.45 bits per heavy atom. The predicted octanol–water partition coefficient (Wildman–Crippen LogP) is 2.70. The van der Waals surface area contributed by atoms with E-state index in [1.54, 1.807) is 0 Å². The van der Waals surface area contributed by atoms with Crippen LogP contribution in [0.3, 0.4) is 0 Å². The van der Waals surface area contributed by atoms with E-state index < -0.39 is 0 Å². The number of ether oxygens (including phenoxy) is 2. The second kappa shape index (κ2) is 5.43. The summed E-state index contributed by atoms with van der Waals surface area (Å²) in [5, 5.41) is 12.4. The van der Waals surface area contributed by atoms with Gasteiger partial charge in [-0.25, -0.2) is 0 Å². The van der Waals surface area contributed by atoms with E-state index in [0.29, 0.717) is 11.6 Å². The molecule has 0 bridgehead atoms. The van der Waals surface area contributed by atoms with Crippen LogP contribution in [0.4, 0.5) is 5.69 Å². The number of hydrogen-bond acceptors (Lipinski definition) is 4. The van der Waals surface area contributed by atoms with Crippen molar-refractivity contribution in [3.05, 3.63) is 29.8 Å². The third-order valence-corrected chi connectivity index (χ3v) is 4.39. The Morgan fingerprint density at radius 3 is 2.85 bits per heavy atom. The Labute approximate surface area is 119 Å². The van der Waals surface area contributed by atoms with Crippen molar-refractivity contribution in [2.24, 2.45) is 0 Å². The zero-order valence-corrected chi connectivity index (χ0v) is 11.8. The van der Waals surface area contributed by atoms with E-state index in [1.165, 1.54) is 0 Å². The maximum atomic E-state index is 8.82. The SMILES string of the molecule is CCO[C@@H]1C[C@@H](Nc2ccc(C#N)cc2)[C@]12CCCO2. The van der Waals surface area contributed by atoms with Crippen molar-refractivity contribution in [1.29, 1.82) is 5.26 Å². The van der Waals surface area contributed by atoms with Gasteiger partial charge in [0.25, 0.3) is 0 Å². The van der Waals surface area contributed by atoms with Crippen LogP contribution >= 0.6 is 0 Å². The van der Waals surface area contributed by atoms with Gasteiger partial charge in [0.15, 0.2) is 0 Å². The van der Waals surface area contributed by atoms with Crippen molar-refractivity contribution < 1.29 is 9.47 Å². The van der Waals surface area contributed by atoms with Crippen molar-refractivity contribution in [3.8, 4) is 6.07 Å². The van der Waals surface area contributed by atoms with Crippen LogP contribution < -0.4 is 5.32 Å². The summed E-state index contributed by atoms with van der Waals surface area (Å²) in [5.41, 5.74) is 1.58. The van der Waals surface area contributed by atoms with Gasteiger partial charge in [0.1, 0.15) is 5.60 Å². The third-order valence-electron chi connectivity index (χ3n) is 4.39. The zero-order chi connectivity index (χ0) is 14.0. The Balaban J connectivity index is 1.69. The quantitative estimate of drug-likeness (QED) is 0.915. The standard InChI is InChI=1S/C16H20N2O2/c1-2-19-15-10-14(16(15)8-3-9-20-16)18-13-6-4-12(11-17)5-7-13/h4-7,14-15,18H,2-3,8-10H2,1H3/t14-,15-,16-/m1/s1. The molecule has 1 aromatic carbocycles. The van der Waals surface area contributed by atoms with Crippen LogP contribution in [0, 0.1) is 11.3 Å². The number of rotatable bonds is 4. The maximum absolute atomic E-state index is 8.82. The van der Waals surface area contributed by atoms with Gasteiger partial charge >= 0.3 is 0 Å². The summed E-state index contributed by atoms with van der Waals surface area (Å²) in [4.78, 5) is 0. The lowest BCUT2D eigenvalue weighted by Crippen LogP contribution is -2.66. The molecule has 1 spiro atoms. The molecule has 0 unspecified atom stereocenters. The molecule has 0 aromatic heterocycles. The van der Waals surface area contributed by atoms with E-state index >= 15 is 0 Å². The first-order chi connectivity index (χ1) is 9.78. The molecule has 3 rings (SSSR count). The lowest BCUT2D eigenvalue weighted by atomic mass is 9.70. The molecule has 1 aromatic rings. The van der Waals surface area contributed by atoms with E-state index in [1.807, 2.05) is 31.2 Å². The maximum Gasteiger partial charge on any atom is 0.114 e. The fourth-order valence-corrected chi connectivity index (χ4v) is 3.32. The third kappa shape index (κ3) is 2.17. The largest absolute Gasteiger partial charge is 0.379 e. The summed E-state index contributed by atoms with van der Waals surface area (Å²) < 4.78 is 11.8. The lowest BCUT2D eigenvalue weighted by molar-refractivity contribution is -0.184. The number of nitriles is 1. The summed E-state index contributed by atoms with van der Waals surface area (Å²) in [5.74, 6) is 0. The van der Waals surface area contributed by atoms with Crippen molar-refractivity contribution in [1.82, 2.24) is 0 Å². The highest BCUT2D eigenvalue weighted by atomic mass is 16.6. The molecule has 2 fully saturated rings. The fourth-order valence-electron chi connectivity index (χ4n) is 3.32. The number of anilines is 1. The highest BCUT2D eigenvalue weighted by molar-refractivity contribution is 5.49. The molecule has 1 saturated carbocycles. The minimum Gasteiger partial charge on any atom is -0.379 e. The van der Waals surface area contributed by atoms with Gasteiger partial charge in [0, 0.05) is 18.9 Å². The van der Waals surface area contributed by atoms with E-state index in [2.05, 4.69) is 11.4 Å². The van der Waals surface area contributed by atoms with Crippen LogP contribution in [0.25, 0.3) is 0 Å². The molecular weight excluding hydrogens is 252 g/mol. The second-order valence-corrected chi connectivity index (χ2v) is 5.47. The van der Waals surface area contributed by atoms with Gasteiger partial charge in [-0.3, -0.25) is 0 Å². The molecule has 1 aliphatic carbocycles. The molecule has 1 saturated heterocycles. The van der Waals surface area contributed by atoms with Crippen molar-refractivity contribution in [3.63, 3.8) is 0 Å².